The van der Waals surface area contributed by atoms with Gasteiger partial charge < -0.3 is 139 Å². The van der Waals surface area contributed by atoms with Crippen LogP contribution in [-0.4, -0.2) is 293 Å². The lowest BCUT2D eigenvalue weighted by molar-refractivity contribution is -0.378. The molecule has 0 bridgehead atoms. The fourth-order valence-electron chi connectivity index (χ4n) is 18.6. The standard InChI is InChI=1S/C63H102O29/c1-25-48(89-56-44(76)40(72)38(70)32(87-56)24-84-51-42(74)36(68)28(65)21-81-51)41(73)45(77)54(85-25)91-50-30(67)22-82-52(46(50)78)90-49-29(66)23-83-53(47(49)79)92-57(80)63-17-15-58(2,3)19-27(63)26-9-10-34-60(6)13-12-35(88-55-43(75)39(71)37(69)31(20-64)86-55)59(4,5)33(60)11-14-62(34,8)61(26,7)16-18-63/h9,25,27-56,64-79H,10-24H2,1-8H3. The fourth-order valence-corrected chi connectivity index (χ4v) is 18.6. The van der Waals surface area contributed by atoms with Crippen LogP contribution in [0.15, 0.2) is 11.6 Å². The number of aliphatic hydroxyl groups is 16. The minimum Gasteiger partial charge on any atom is -0.432 e. The molecule has 29 heteroatoms. The Balaban J connectivity index is 0.727. The van der Waals surface area contributed by atoms with E-state index in [1.165, 1.54) is 12.5 Å². The van der Waals surface area contributed by atoms with Crippen LogP contribution in [0.1, 0.15) is 120 Å². The maximum Gasteiger partial charge on any atom is 0.315 e. The van der Waals surface area contributed by atoms with E-state index < -0.39 is 216 Å². The molecular formula is C63H102O29. The van der Waals surface area contributed by atoms with E-state index in [4.69, 9.17) is 56.8 Å². The first kappa shape index (κ1) is 71.4. The molecule has 11 aliphatic rings. The molecule has 4 saturated carbocycles. The molecule has 10 fully saturated rings. The van der Waals surface area contributed by atoms with Gasteiger partial charge in [0.2, 0.25) is 6.29 Å². The number of rotatable bonds is 14. The van der Waals surface area contributed by atoms with E-state index in [0.29, 0.717) is 32.1 Å². The Morgan fingerprint density at radius 3 is 1.71 bits per heavy atom. The number of fused-ring (bicyclic) bond motifs is 7. The molecule has 0 aromatic rings. The lowest BCUT2D eigenvalue weighted by Gasteiger charge is -2.71. The number of carbonyl (C=O) groups is 1. The van der Waals surface area contributed by atoms with Gasteiger partial charge in [-0.2, -0.15) is 0 Å². The molecule has 0 radical (unpaired) electrons. The Hall–Kier alpha value is -1.87. The smallest absolute Gasteiger partial charge is 0.315 e. The summed E-state index contributed by atoms with van der Waals surface area (Å²) in [6, 6.07) is 0. The number of hydrogen-bond acceptors (Lipinski definition) is 29. The van der Waals surface area contributed by atoms with Gasteiger partial charge >= 0.3 is 5.97 Å². The van der Waals surface area contributed by atoms with Crippen molar-refractivity contribution in [3.8, 4) is 0 Å². The Bertz CT molecular complexity index is 2580. The molecule has 11 rings (SSSR count). The van der Waals surface area contributed by atoms with E-state index in [1.54, 1.807) is 0 Å². The summed E-state index contributed by atoms with van der Waals surface area (Å²) in [6.07, 6.45) is -34.7. The molecule has 0 aromatic heterocycles. The quantitative estimate of drug-likeness (QED) is 0.0457. The normalized spacial score (nSPS) is 54.3. The zero-order valence-electron chi connectivity index (χ0n) is 53.5. The predicted molar refractivity (Wildman–Crippen MR) is 309 cm³/mol. The Labute approximate surface area is 534 Å². The van der Waals surface area contributed by atoms with E-state index in [0.717, 1.165) is 32.1 Å². The highest BCUT2D eigenvalue weighted by Gasteiger charge is 2.70. The van der Waals surface area contributed by atoms with Crippen molar-refractivity contribution >= 4 is 5.97 Å². The summed E-state index contributed by atoms with van der Waals surface area (Å²) < 4.78 is 70.3. The van der Waals surface area contributed by atoms with Gasteiger partial charge in [-0.15, -0.1) is 0 Å². The van der Waals surface area contributed by atoms with Gasteiger partial charge in [0.05, 0.1) is 50.7 Å². The van der Waals surface area contributed by atoms with Crippen LogP contribution in [0.2, 0.25) is 0 Å². The number of carbonyl (C=O) groups excluding carboxylic acids is 1. The van der Waals surface area contributed by atoms with Crippen molar-refractivity contribution in [2.45, 2.75) is 292 Å². The molecule has 35 atom stereocenters. The van der Waals surface area contributed by atoms with E-state index in [9.17, 15) is 81.7 Å². The van der Waals surface area contributed by atoms with Crippen LogP contribution in [0.25, 0.3) is 0 Å². The minimum absolute atomic E-state index is 0.138. The topological polar surface area (TPSA) is 452 Å². The zero-order valence-corrected chi connectivity index (χ0v) is 53.5. The molecule has 0 amide bonds. The van der Waals surface area contributed by atoms with Gasteiger partial charge in [-0.3, -0.25) is 4.79 Å². The molecule has 528 valence electrons. The van der Waals surface area contributed by atoms with Gasteiger partial charge in [0.1, 0.15) is 122 Å². The molecular weight excluding hydrogens is 1220 g/mol. The van der Waals surface area contributed by atoms with E-state index in [1.807, 2.05) is 0 Å². The molecule has 35 unspecified atom stereocenters. The second kappa shape index (κ2) is 26.7. The van der Waals surface area contributed by atoms with Crippen molar-refractivity contribution in [2.24, 2.45) is 50.2 Å². The highest BCUT2D eigenvalue weighted by Crippen LogP contribution is 2.76. The summed E-state index contributed by atoms with van der Waals surface area (Å²) in [5.74, 6) is -0.321. The first-order valence-electron chi connectivity index (χ1n) is 32.9. The fraction of sp³-hybridized carbons (Fsp3) is 0.952. The van der Waals surface area contributed by atoms with Crippen LogP contribution in [0, 0.1) is 50.2 Å². The van der Waals surface area contributed by atoms with Gasteiger partial charge in [-0.1, -0.05) is 60.1 Å². The van der Waals surface area contributed by atoms with E-state index >= 15 is 4.79 Å². The van der Waals surface area contributed by atoms with Gasteiger partial charge in [0.15, 0.2) is 31.5 Å². The number of allylic oxidation sites excluding steroid dienone is 2. The van der Waals surface area contributed by atoms with Crippen LogP contribution < -0.4 is 0 Å². The van der Waals surface area contributed by atoms with Crippen LogP contribution in [0.5, 0.6) is 0 Å². The monoisotopic (exact) mass is 1320 g/mol. The molecule has 16 N–H and O–H groups in total. The molecule has 6 saturated heterocycles. The summed E-state index contributed by atoms with van der Waals surface area (Å²) in [5.41, 5.74) is -0.938. The Morgan fingerprint density at radius 1 is 0.511 bits per heavy atom. The summed E-state index contributed by atoms with van der Waals surface area (Å²) in [6.45, 7) is 14.9. The van der Waals surface area contributed by atoms with Gasteiger partial charge in [-0.05, 0) is 116 Å². The third kappa shape index (κ3) is 12.3. The van der Waals surface area contributed by atoms with Gasteiger partial charge in [0, 0.05) is 0 Å². The molecule has 5 aliphatic carbocycles. The van der Waals surface area contributed by atoms with Gasteiger partial charge in [0.25, 0.3) is 0 Å². The second-order valence-electron chi connectivity index (χ2n) is 30.6. The Kier molecular flexibility index (Phi) is 20.7. The molecule has 0 spiro atoms. The molecule has 6 heterocycles. The van der Waals surface area contributed by atoms with Crippen LogP contribution in [0.4, 0.5) is 0 Å². The number of esters is 1. The van der Waals surface area contributed by atoms with Gasteiger partial charge in [-0.25, -0.2) is 0 Å². The third-order valence-corrected chi connectivity index (χ3v) is 24.4. The first-order valence-corrected chi connectivity index (χ1v) is 32.9. The van der Waals surface area contributed by atoms with Crippen molar-refractivity contribution in [2.75, 3.05) is 33.0 Å². The maximum atomic E-state index is 15.3. The molecule has 92 heavy (non-hydrogen) atoms. The summed E-state index contributed by atoms with van der Waals surface area (Å²) in [7, 11) is 0. The zero-order chi connectivity index (χ0) is 66.9. The average molecular weight is 1320 g/mol. The minimum atomic E-state index is -1.99. The van der Waals surface area contributed by atoms with Crippen molar-refractivity contribution < 1.29 is 143 Å². The lowest BCUT2D eigenvalue weighted by atomic mass is 9.33. The summed E-state index contributed by atoms with van der Waals surface area (Å²) in [5, 5.41) is 173. The van der Waals surface area contributed by atoms with Crippen LogP contribution in [0.3, 0.4) is 0 Å². The van der Waals surface area contributed by atoms with Crippen molar-refractivity contribution in [1.82, 2.24) is 0 Å². The first-order chi connectivity index (χ1) is 43.1. The molecule has 0 aromatic carbocycles. The lowest BCUT2D eigenvalue weighted by Crippen LogP contribution is -2.66. The number of aliphatic hydroxyl groups excluding tert-OH is 16. The SMILES string of the molecule is CC1OC(OC2C(O)COC(OC3C(O)COC(OC(=O)C45CCC(C)(C)CC4C4=CCC6C7(C)CCC(OC8OC(CO)C(O)C(O)C8O)C(C)(C)C7CCC6(C)C4(C)CC5)C3O)C2O)C(O)C(O)C1OC1OC(COC2OCC(O)C(O)C2O)C(O)C(O)C1O. The van der Waals surface area contributed by atoms with Crippen molar-refractivity contribution in [1.29, 1.82) is 0 Å². The maximum absolute atomic E-state index is 15.3. The average Bonchev–Trinajstić information content (AvgIpc) is 0.676. The highest BCUT2D eigenvalue weighted by molar-refractivity contribution is 5.79. The highest BCUT2D eigenvalue weighted by atomic mass is 16.8. The van der Waals surface area contributed by atoms with Crippen LogP contribution in [-0.2, 0) is 61.6 Å². The number of ether oxygens (including phenoxy) is 12. The molecule has 29 nitrogen and oxygen atoms in total. The summed E-state index contributed by atoms with van der Waals surface area (Å²) in [4.78, 5) is 15.3. The van der Waals surface area contributed by atoms with Crippen LogP contribution >= 0.6 is 0 Å². The number of hydrogen-bond donors (Lipinski definition) is 16. The second-order valence-corrected chi connectivity index (χ2v) is 30.6. The Morgan fingerprint density at radius 2 is 1.04 bits per heavy atom. The van der Waals surface area contributed by atoms with E-state index in [2.05, 4.69) is 54.5 Å². The largest absolute Gasteiger partial charge is 0.432 e. The van der Waals surface area contributed by atoms with Crippen molar-refractivity contribution in [3.63, 3.8) is 0 Å². The third-order valence-electron chi connectivity index (χ3n) is 24.4. The summed E-state index contributed by atoms with van der Waals surface area (Å²) >= 11 is 0. The van der Waals surface area contributed by atoms with Crippen molar-refractivity contribution in [3.05, 3.63) is 11.6 Å². The molecule has 6 aliphatic heterocycles. The van der Waals surface area contributed by atoms with E-state index in [-0.39, 0.29) is 45.5 Å². The predicted octanol–water partition coefficient (Wildman–Crippen LogP) is -3.44.